The number of nitrogens with zero attached hydrogens (tertiary/aromatic N) is 1. The van der Waals surface area contributed by atoms with Crippen molar-refractivity contribution >= 4 is 21.8 Å². The van der Waals surface area contributed by atoms with E-state index in [9.17, 15) is 4.39 Å². The van der Waals surface area contributed by atoms with Gasteiger partial charge < -0.3 is 4.98 Å². The van der Waals surface area contributed by atoms with E-state index in [1.165, 1.54) is 12.1 Å². The molecule has 1 N–H and O–H groups in total. The fraction of sp³-hybridized carbons (Fsp3) is 0. The molecule has 4 aromatic rings. The maximum absolute atomic E-state index is 13.4. The second-order valence-electron chi connectivity index (χ2n) is 5.11. The Bertz CT molecular complexity index is 1050. The highest BCUT2D eigenvalue weighted by atomic mass is 19.1. The number of aromatic amines is 1. The van der Waals surface area contributed by atoms with E-state index in [2.05, 4.69) is 15.9 Å². The Morgan fingerprint density at radius 2 is 1.95 bits per heavy atom. The smallest absolute Gasteiger partial charge is 0.125 e. The second-order valence-corrected chi connectivity index (χ2v) is 5.11. The molecular formula is C19H11FN2. The summed E-state index contributed by atoms with van der Waals surface area (Å²) in [6.07, 6.45) is 7.42. The molecule has 0 unspecified atom stereocenters. The zero-order valence-corrected chi connectivity index (χ0v) is 11.6. The second kappa shape index (κ2) is 4.71. The number of fused-ring (bicyclic) bond motifs is 2. The van der Waals surface area contributed by atoms with Crippen molar-refractivity contribution < 1.29 is 4.39 Å². The van der Waals surface area contributed by atoms with E-state index in [0.717, 1.165) is 33.1 Å². The summed E-state index contributed by atoms with van der Waals surface area (Å²) in [4.78, 5) is 7.78. The first-order valence-electron chi connectivity index (χ1n) is 6.89. The van der Waals surface area contributed by atoms with Gasteiger partial charge in [0, 0.05) is 34.2 Å². The summed E-state index contributed by atoms with van der Waals surface area (Å²) in [5, 5.41) is 1.92. The van der Waals surface area contributed by atoms with Crippen molar-refractivity contribution in [2.75, 3.05) is 0 Å². The molecule has 3 heteroatoms. The van der Waals surface area contributed by atoms with E-state index in [-0.39, 0.29) is 5.82 Å². The van der Waals surface area contributed by atoms with Crippen molar-refractivity contribution in [1.29, 1.82) is 0 Å². The van der Waals surface area contributed by atoms with Gasteiger partial charge in [0.1, 0.15) is 5.82 Å². The zero-order valence-electron chi connectivity index (χ0n) is 11.6. The van der Waals surface area contributed by atoms with Crippen LogP contribution in [0.3, 0.4) is 0 Å². The predicted octanol–water partition coefficient (Wildman–Crippen LogP) is 4.50. The van der Waals surface area contributed by atoms with Crippen LogP contribution in [0.4, 0.5) is 4.39 Å². The number of H-pyrrole nitrogens is 1. The summed E-state index contributed by atoms with van der Waals surface area (Å²) in [6.45, 7) is 0. The number of para-hydroxylation sites is 1. The first kappa shape index (κ1) is 12.6. The Hall–Kier alpha value is -3.12. The Morgan fingerprint density at radius 1 is 1.09 bits per heavy atom. The number of rotatable bonds is 1. The lowest BCUT2D eigenvalue weighted by atomic mass is 10.1. The van der Waals surface area contributed by atoms with Crippen LogP contribution in [0, 0.1) is 18.2 Å². The van der Waals surface area contributed by atoms with Crippen molar-refractivity contribution in [3.8, 4) is 23.6 Å². The monoisotopic (exact) mass is 286 g/mol. The van der Waals surface area contributed by atoms with Crippen LogP contribution >= 0.6 is 0 Å². The van der Waals surface area contributed by atoms with Crippen molar-refractivity contribution in [1.82, 2.24) is 9.97 Å². The molecule has 0 saturated heterocycles. The van der Waals surface area contributed by atoms with E-state index >= 15 is 0 Å². The largest absolute Gasteiger partial charge is 0.359 e. The Kier molecular flexibility index (Phi) is 2.70. The average Bonchev–Trinajstić information content (AvgIpc) is 2.98. The van der Waals surface area contributed by atoms with E-state index in [1.807, 2.05) is 36.5 Å². The fourth-order valence-corrected chi connectivity index (χ4v) is 2.73. The fourth-order valence-electron chi connectivity index (χ4n) is 2.73. The molecule has 104 valence electrons. The number of aromatic nitrogens is 2. The van der Waals surface area contributed by atoms with Crippen LogP contribution in [-0.2, 0) is 0 Å². The van der Waals surface area contributed by atoms with Crippen molar-refractivity contribution in [2.45, 2.75) is 0 Å². The molecule has 2 nitrogen and oxygen atoms in total. The zero-order chi connectivity index (χ0) is 15.1. The molecule has 0 radical (unpaired) electrons. The van der Waals surface area contributed by atoms with Crippen LogP contribution in [0.1, 0.15) is 5.56 Å². The standard InChI is InChI=1S/C19H11FN2/c1-2-12-4-3-5-15-16(11-21-19(12)15)17-9-7-13-6-8-14(20)10-18(13)22-17/h1,3-11,21H. The number of pyridine rings is 1. The Morgan fingerprint density at radius 3 is 2.82 bits per heavy atom. The number of nitrogens with one attached hydrogen (secondary N) is 1. The van der Waals surface area contributed by atoms with Crippen molar-refractivity contribution in [3.05, 3.63) is 66.1 Å². The summed E-state index contributed by atoms with van der Waals surface area (Å²) in [6, 6.07) is 14.3. The van der Waals surface area contributed by atoms with E-state index in [4.69, 9.17) is 6.42 Å². The van der Waals surface area contributed by atoms with Crippen LogP contribution < -0.4 is 0 Å². The lowest BCUT2D eigenvalue weighted by Gasteiger charge is -2.03. The predicted molar refractivity (Wildman–Crippen MR) is 86.9 cm³/mol. The molecular weight excluding hydrogens is 275 g/mol. The van der Waals surface area contributed by atoms with Crippen LogP contribution in [0.5, 0.6) is 0 Å². The molecule has 0 aliphatic heterocycles. The first-order valence-corrected chi connectivity index (χ1v) is 6.89. The Balaban J connectivity index is 1.97. The molecule has 0 fully saturated rings. The third-order valence-corrected chi connectivity index (χ3v) is 3.80. The van der Waals surface area contributed by atoms with E-state index in [1.54, 1.807) is 6.07 Å². The van der Waals surface area contributed by atoms with Gasteiger partial charge >= 0.3 is 0 Å². The average molecular weight is 286 g/mol. The quantitative estimate of drug-likeness (QED) is 0.513. The molecule has 0 amide bonds. The molecule has 2 aromatic heterocycles. The van der Waals surface area contributed by atoms with Gasteiger partial charge in [0.2, 0.25) is 0 Å². The molecule has 0 aliphatic carbocycles. The maximum Gasteiger partial charge on any atom is 0.125 e. The third kappa shape index (κ3) is 1.86. The molecule has 0 spiro atoms. The van der Waals surface area contributed by atoms with Crippen molar-refractivity contribution in [3.63, 3.8) is 0 Å². The van der Waals surface area contributed by atoms with Crippen LogP contribution in [0.25, 0.3) is 33.1 Å². The molecule has 0 atom stereocenters. The lowest BCUT2D eigenvalue weighted by Crippen LogP contribution is -1.86. The highest BCUT2D eigenvalue weighted by Gasteiger charge is 2.10. The molecule has 0 saturated carbocycles. The van der Waals surface area contributed by atoms with Gasteiger partial charge in [0.25, 0.3) is 0 Å². The summed E-state index contributed by atoms with van der Waals surface area (Å²) < 4.78 is 13.4. The number of halogens is 1. The molecule has 0 aliphatic rings. The summed E-state index contributed by atoms with van der Waals surface area (Å²) in [5.74, 6) is 2.38. The molecule has 2 aromatic carbocycles. The van der Waals surface area contributed by atoms with E-state index in [0.29, 0.717) is 5.52 Å². The minimum absolute atomic E-state index is 0.286. The van der Waals surface area contributed by atoms with Gasteiger partial charge in [-0.25, -0.2) is 9.37 Å². The SMILES string of the molecule is C#Cc1cccc2c(-c3ccc4ccc(F)cc4n3)c[nH]c12. The van der Waals surface area contributed by atoms with E-state index < -0.39 is 0 Å². The van der Waals surface area contributed by atoms with Crippen LogP contribution in [0.2, 0.25) is 0 Å². The maximum atomic E-state index is 13.4. The van der Waals surface area contributed by atoms with Gasteiger partial charge in [-0.1, -0.05) is 24.1 Å². The highest BCUT2D eigenvalue weighted by Crippen LogP contribution is 2.30. The van der Waals surface area contributed by atoms with Gasteiger partial charge in [-0.15, -0.1) is 6.42 Å². The summed E-state index contributed by atoms with van der Waals surface area (Å²) in [7, 11) is 0. The third-order valence-electron chi connectivity index (χ3n) is 3.80. The number of hydrogen-bond acceptors (Lipinski definition) is 1. The van der Waals surface area contributed by atoms with Crippen LogP contribution in [-0.4, -0.2) is 9.97 Å². The topological polar surface area (TPSA) is 28.7 Å². The van der Waals surface area contributed by atoms with Crippen molar-refractivity contribution in [2.24, 2.45) is 0 Å². The highest BCUT2D eigenvalue weighted by molar-refractivity contribution is 5.98. The van der Waals surface area contributed by atoms with Crippen LogP contribution in [0.15, 0.2) is 54.7 Å². The van der Waals surface area contributed by atoms with Gasteiger partial charge in [0.15, 0.2) is 0 Å². The number of benzene rings is 2. The van der Waals surface area contributed by atoms with Gasteiger partial charge in [-0.05, 0) is 24.3 Å². The lowest BCUT2D eigenvalue weighted by molar-refractivity contribution is 0.629. The summed E-state index contributed by atoms with van der Waals surface area (Å²) in [5.41, 5.74) is 4.12. The number of hydrogen-bond donors (Lipinski definition) is 1. The molecule has 0 bridgehead atoms. The Labute approximate surface area is 126 Å². The molecule has 22 heavy (non-hydrogen) atoms. The van der Waals surface area contributed by atoms with Gasteiger partial charge in [0.05, 0.1) is 16.7 Å². The molecule has 4 rings (SSSR count). The summed E-state index contributed by atoms with van der Waals surface area (Å²) >= 11 is 0. The molecule has 2 heterocycles. The minimum Gasteiger partial charge on any atom is -0.359 e. The van der Waals surface area contributed by atoms with Gasteiger partial charge in [-0.2, -0.15) is 0 Å². The first-order chi connectivity index (χ1) is 10.8. The number of terminal acetylenes is 1. The van der Waals surface area contributed by atoms with Gasteiger partial charge in [-0.3, -0.25) is 0 Å². The normalized spacial score (nSPS) is 10.9. The minimum atomic E-state index is -0.286.